The quantitative estimate of drug-likeness (QED) is 0.603. The zero-order chi connectivity index (χ0) is 11.4. The van der Waals surface area contributed by atoms with Crippen LogP contribution in [0.15, 0.2) is 0 Å². The van der Waals surface area contributed by atoms with Gasteiger partial charge in [-0.2, -0.15) is 0 Å². The van der Waals surface area contributed by atoms with Crippen LogP contribution >= 0.6 is 0 Å². The van der Waals surface area contributed by atoms with Gasteiger partial charge in [0.25, 0.3) is 0 Å². The fourth-order valence-electron chi connectivity index (χ4n) is 1.47. The van der Waals surface area contributed by atoms with Crippen molar-refractivity contribution in [2.75, 3.05) is 13.1 Å². The maximum absolute atomic E-state index is 5.92. The summed E-state index contributed by atoms with van der Waals surface area (Å²) in [5, 5.41) is 6.93. The van der Waals surface area contributed by atoms with Gasteiger partial charge in [0.1, 0.15) is 0 Å². The summed E-state index contributed by atoms with van der Waals surface area (Å²) in [6, 6.07) is 0.142. The standard InChI is InChI=1S/C11H27N3/c1-7-13-8-10(3,4)14-11(5,6)9(2)12/h9,13-14H,7-8,12H2,1-6H3. The molecular formula is C11H27N3. The van der Waals surface area contributed by atoms with Gasteiger partial charge in [-0.3, -0.25) is 0 Å². The van der Waals surface area contributed by atoms with Gasteiger partial charge < -0.3 is 16.4 Å². The van der Waals surface area contributed by atoms with Crippen molar-refractivity contribution in [1.29, 1.82) is 0 Å². The van der Waals surface area contributed by atoms with E-state index in [1.54, 1.807) is 0 Å². The number of nitrogens with one attached hydrogen (secondary N) is 2. The summed E-state index contributed by atoms with van der Waals surface area (Å²) in [5.74, 6) is 0. The molecule has 0 bridgehead atoms. The molecule has 0 saturated heterocycles. The van der Waals surface area contributed by atoms with Gasteiger partial charge in [0, 0.05) is 23.7 Å². The third-order valence-corrected chi connectivity index (χ3v) is 2.62. The van der Waals surface area contributed by atoms with E-state index in [1.807, 2.05) is 6.92 Å². The van der Waals surface area contributed by atoms with Crippen LogP contribution in [0.5, 0.6) is 0 Å². The highest BCUT2D eigenvalue weighted by Crippen LogP contribution is 2.13. The summed E-state index contributed by atoms with van der Waals surface area (Å²) in [6.45, 7) is 14.8. The zero-order valence-electron chi connectivity index (χ0n) is 10.6. The Morgan fingerprint density at radius 2 is 1.71 bits per heavy atom. The molecule has 3 nitrogen and oxygen atoms in total. The second-order valence-electron chi connectivity index (χ2n) is 5.30. The van der Waals surface area contributed by atoms with Crippen molar-refractivity contribution in [2.45, 2.75) is 58.7 Å². The number of likely N-dealkylation sites (N-methyl/N-ethyl adjacent to an activating group) is 1. The molecule has 0 radical (unpaired) electrons. The van der Waals surface area contributed by atoms with Crippen molar-refractivity contribution in [3.8, 4) is 0 Å². The van der Waals surface area contributed by atoms with Crippen LogP contribution in [-0.4, -0.2) is 30.2 Å². The van der Waals surface area contributed by atoms with Gasteiger partial charge >= 0.3 is 0 Å². The lowest BCUT2D eigenvalue weighted by atomic mass is 9.92. The van der Waals surface area contributed by atoms with Crippen molar-refractivity contribution in [3.63, 3.8) is 0 Å². The second kappa shape index (κ2) is 5.10. The average Bonchev–Trinajstić information content (AvgIpc) is 1.99. The van der Waals surface area contributed by atoms with Crippen LogP contribution in [-0.2, 0) is 0 Å². The number of nitrogens with two attached hydrogens (primary N) is 1. The molecule has 0 aromatic heterocycles. The molecule has 0 aromatic carbocycles. The van der Waals surface area contributed by atoms with E-state index in [0.29, 0.717) is 0 Å². The van der Waals surface area contributed by atoms with E-state index in [1.165, 1.54) is 0 Å². The van der Waals surface area contributed by atoms with E-state index in [0.717, 1.165) is 13.1 Å². The molecule has 0 aliphatic heterocycles. The van der Waals surface area contributed by atoms with E-state index >= 15 is 0 Å². The fourth-order valence-corrected chi connectivity index (χ4v) is 1.47. The molecule has 3 heteroatoms. The smallest absolute Gasteiger partial charge is 0.0278 e. The minimum absolute atomic E-state index is 0.0288. The molecule has 0 heterocycles. The predicted octanol–water partition coefficient (Wildman–Crippen LogP) is 1.09. The van der Waals surface area contributed by atoms with Gasteiger partial charge in [-0.1, -0.05) is 6.92 Å². The Morgan fingerprint density at radius 1 is 1.21 bits per heavy atom. The lowest BCUT2D eigenvalue weighted by Gasteiger charge is -2.39. The molecular weight excluding hydrogens is 174 g/mol. The van der Waals surface area contributed by atoms with Crippen LogP contribution in [0.2, 0.25) is 0 Å². The summed E-state index contributed by atoms with van der Waals surface area (Å²) >= 11 is 0. The fraction of sp³-hybridized carbons (Fsp3) is 1.00. The molecule has 0 spiro atoms. The molecule has 0 rings (SSSR count). The van der Waals surface area contributed by atoms with Gasteiger partial charge in [0.15, 0.2) is 0 Å². The Bertz CT molecular complexity index is 162. The molecule has 0 aromatic rings. The van der Waals surface area contributed by atoms with Crippen molar-refractivity contribution >= 4 is 0 Å². The SMILES string of the molecule is CCNCC(C)(C)NC(C)(C)C(C)N. The summed E-state index contributed by atoms with van der Waals surface area (Å²) in [7, 11) is 0. The average molecular weight is 201 g/mol. The summed E-state index contributed by atoms with van der Waals surface area (Å²) in [4.78, 5) is 0. The van der Waals surface area contributed by atoms with E-state index in [4.69, 9.17) is 5.73 Å². The summed E-state index contributed by atoms with van der Waals surface area (Å²) in [5.41, 5.74) is 5.97. The van der Waals surface area contributed by atoms with E-state index < -0.39 is 0 Å². The van der Waals surface area contributed by atoms with E-state index in [-0.39, 0.29) is 17.1 Å². The van der Waals surface area contributed by atoms with Gasteiger partial charge in [0.05, 0.1) is 0 Å². The molecule has 0 fully saturated rings. The minimum Gasteiger partial charge on any atom is -0.326 e. The number of hydrogen-bond acceptors (Lipinski definition) is 3. The second-order valence-corrected chi connectivity index (χ2v) is 5.30. The number of hydrogen-bond donors (Lipinski definition) is 3. The van der Waals surface area contributed by atoms with E-state index in [9.17, 15) is 0 Å². The van der Waals surface area contributed by atoms with Crippen LogP contribution in [0.4, 0.5) is 0 Å². The van der Waals surface area contributed by atoms with Crippen LogP contribution in [0.1, 0.15) is 41.5 Å². The summed E-state index contributed by atoms with van der Waals surface area (Å²) < 4.78 is 0. The molecule has 86 valence electrons. The normalized spacial score (nSPS) is 15.6. The van der Waals surface area contributed by atoms with E-state index in [2.05, 4.69) is 45.3 Å². The first-order valence-corrected chi connectivity index (χ1v) is 5.47. The van der Waals surface area contributed by atoms with Crippen molar-refractivity contribution in [2.24, 2.45) is 5.73 Å². The highest BCUT2D eigenvalue weighted by Gasteiger charge is 2.29. The third kappa shape index (κ3) is 4.94. The Labute approximate surface area is 88.8 Å². The van der Waals surface area contributed by atoms with Crippen molar-refractivity contribution in [1.82, 2.24) is 10.6 Å². The monoisotopic (exact) mass is 201 g/mol. The topological polar surface area (TPSA) is 50.1 Å². The highest BCUT2D eigenvalue weighted by atomic mass is 15.1. The van der Waals surface area contributed by atoms with Crippen LogP contribution in [0, 0.1) is 0 Å². The maximum Gasteiger partial charge on any atom is 0.0278 e. The van der Waals surface area contributed by atoms with Gasteiger partial charge in [-0.15, -0.1) is 0 Å². The largest absolute Gasteiger partial charge is 0.326 e. The first kappa shape index (κ1) is 13.9. The molecule has 14 heavy (non-hydrogen) atoms. The Kier molecular flexibility index (Phi) is 5.06. The molecule has 4 N–H and O–H groups in total. The molecule has 1 unspecified atom stereocenters. The molecule has 0 aliphatic rings. The Balaban J connectivity index is 4.19. The van der Waals surface area contributed by atoms with Crippen molar-refractivity contribution < 1.29 is 0 Å². The summed E-state index contributed by atoms with van der Waals surface area (Å²) in [6.07, 6.45) is 0. The molecule has 0 aliphatic carbocycles. The molecule has 1 atom stereocenters. The lowest BCUT2D eigenvalue weighted by Crippen LogP contribution is -2.62. The van der Waals surface area contributed by atoms with Crippen LogP contribution in [0.25, 0.3) is 0 Å². The zero-order valence-corrected chi connectivity index (χ0v) is 10.6. The van der Waals surface area contributed by atoms with Crippen LogP contribution in [0.3, 0.4) is 0 Å². The van der Waals surface area contributed by atoms with Crippen molar-refractivity contribution in [3.05, 3.63) is 0 Å². The molecule has 0 saturated carbocycles. The van der Waals surface area contributed by atoms with Crippen LogP contribution < -0.4 is 16.4 Å². The van der Waals surface area contributed by atoms with Gasteiger partial charge in [-0.05, 0) is 41.2 Å². The van der Waals surface area contributed by atoms with Gasteiger partial charge in [0.2, 0.25) is 0 Å². The highest BCUT2D eigenvalue weighted by molar-refractivity contribution is 4.94. The Morgan fingerprint density at radius 3 is 2.07 bits per heavy atom. The van der Waals surface area contributed by atoms with Gasteiger partial charge in [-0.25, -0.2) is 0 Å². The maximum atomic E-state index is 5.92. The minimum atomic E-state index is -0.0288. The predicted molar refractivity (Wildman–Crippen MR) is 63.5 cm³/mol. The first-order valence-electron chi connectivity index (χ1n) is 5.47. The lowest BCUT2D eigenvalue weighted by molar-refractivity contribution is 0.231. The Hall–Kier alpha value is -0.120. The number of rotatable bonds is 6. The third-order valence-electron chi connectivity index (χ3n) is 2.62. The first-order chi connectivity index (χ1) is 6.21. The molecule has 0 amide bonds.